The molecule has 172 valence electrons. The van der Waals surface area contributed by atoms with Crippen molar-refractivity contribution in [1.82, 2.24) is 5.32 Å². The third kappa shape index (κ3) is 6.98. The number of carbonyl (C=O) groups is 1. The van der Waals surface area contributed by atoms with Gasteiger partial charge in [0.2, 0.25) is 5.91 Å². The first kappa shape index (κ1) is 24.1. The van der Waals surface area contributed by atoms with Gasteiger partial charge in [0.25, 0.3) is 0 Å². The first-order chi connectivity index (χ1) is 15.6. The number of benzene rings is 2. The molecule has 0 aromatic heterocycles. The van der Waals surface area contributed by atoms with Crippen LogP contribution >= 0.6 is 0 Å². The lowest BCUT2D eigenvalue weighted by Gasteiger charge is -2.44. The zero-order valence-corrected chi connectivity index (χ0v) is 18.3. The standard InChI is InChI=1S/C25H31NO6/c1-3-14-30-24-22(26-18(2)27)25(31-16-20-12-8-5-9-13-20)32-21(23(24)28)17-29-15-19-10-6-4-7-11-19/h3-13,21-25,28H,1,14-17H2,2H3,(H,26,27)/t21-,22-,23-,24-,25+/m1/s1. The van der Waals surface area contributed by atoms with Crippen molar-refractivity contribution in [2.75, 3.05) is 13.2 Å². The van der Waals surface area contributed by atoms with E-state index in [1.165, 1.54) is 6.92 Å². The third-order valence-corrected chi connectivity index (χ3v) is 5.10. The van der Waals surface area contributed by atoms with Gasteiger partial charge in [-0.05, 0) is 11.1 Å². The second-order valence-corrected chi connectivity index (χ2v) is 7.64. The van der Waals surface area contributed by atoms with Gasteiger partial charge in [-0.2, -0.15) is 0 Å². The lowest BCUT2D eigenvalue weighted by Crippen LogP contribution is -2.65. The zero-order chi connectivity index (χ0) is 22.8. The highest BCUT2D eigenvalue weighted by Crippen LogP contribution is 2.26. The Morgan fingerprint density at radius 1 is 1.06 bits per heavy atom. The SMILES string of the molecule is C=CCO[C@H]1[C@H](O)[C@@H](COCc2ccccc2)O[C@H](OCc2ccccc2)[C@@H]1NC(C)=O. The van der Waals surface area contributed by atoms with Crippen molar-refractivity contribution in [2.45, 2.75) is 50.8 Å². The molecule has 0 saturated carbocycles. The minimum Gasteiger partial charge on any atom is -0.388 e. The maximum atomic E-state index is 11.9. The van der Waals surface area contributed by atoms with Crippen LogP contribution in [0.15, 0.2) is 73.3 Å². The minimum atomic E-state index is -1.03. The number of hydrogen-bond acceptors (Lipinski definition) is 6. The molecule has 0 radical (unpaired) electrons. The first-order valence-corrected chi connectivity index (χ1v) is 10.7. The molecular weight excluding hydrogens is 410 g/mol. The van der Waals surface area contributed by atoms with Gasteiger partial charge >= 0.3 is 0 Å². The summed E-state index contributed by atoms with van der Waals surface area (Å²) in [5, 5.41) is 13.8. The summed E-state index contributed by atoms with van der Waals surface area (Å²) in [6.45, 7) is 6.09. The molecule has 1 aliphatic rings. The Hall–Kier alpha value is -2.55. The maximum Gasteiger partial charge on any atom is 0.217 e. The molecule has 1 aliphatic heterocycles. The van der Waals surface area contributed by atoms with Crippen molar-refractivity contribution in [2.24, 2.45) is 0 Å². The van der Waals surface area contributed by atoms with E-state index in [0.29, 0.717) is 6.61 Å². The summed E-state index contributed by atoms with van der Waals surface area (Å²) >= 11 is 0. The molecule has 1 fully saturated rings. The number of aliphatic hydroxyl groups excluding tert-OH is 1. The Bertz CT molecular complexity index is 831. The van der Waals surface area contributed by atoms with Gasteiger partial charge in [0.1, 0.15) is 24.4 Å². The normalized spacial score (nSPS) is 25.2. The van der Waals surface area contributed by atoms with E-state index < -0.39 is 30.6 Å². The predicted molar refractivity (Wildman–Crippen MR) is 120 cm³/mol. The second kappa shape index (κ2) is 12.5. The molecule has 2 aromatic rings. The summed E-state index contributed by atoms with van der Waals surface area (Å²) in [6.07, 6.45) is -1.72. The highest BCUT2D eigenvalue weighted by atomic mass is 16.7. The molecule has 32 heavy (non-hydrogen) atoms. The van der Waals surface area contributed by atoms with E-state index in [4.69, 9.17) is 18.9 Å². The van der Waals surface area contributed by atoms with Crippen LogP contribution in [0.1, 0.15) is 18.1 Å². The Kier molecular flexibility index (Phi) is 9.40. The Morgan fingerprint density at radius 2 is 1.69 bits per heavy atom. The Balaban J connectivity index is 1.71. The molecule has 1 saturated heterocycles. The summed E-state index contributed by atoms with van der Waals surface area (Å²) in [5.41, 5.74) is 1.98. The summed E-state index contributed by atoms with van der Waals surface area (Å²) in [7, 11) is 0. The number of amides is 1. The van der Waals surface area contributed by atoms with E-state index in [0.717, 1.165) is 11.1 Å². The summed E-state index contributed by atoms with van der Waals surface area (Å²) in [6, 6.07) is 18.7. The van der Waals surface area contributed by atoms with E-state index in [-0.39, 0.29) is 25.7 Å². The van der Waals surface area contributed by atoms with Gasteiger partial charge in [-0.1, -0.05) is 66.7 Å². The van der Waals surface area contributed by atoms with Crippen LogP contribution < -0.4 is 5.32 Å². The number of hydrogen-bond donors (Lipinski definition) is 2. The molecule has 7 heteroatoms. The molecule has 0 bridgehead atoms. The van der Waals surface area contributed by atoms with E-state index in [9.17, 15) is 9.90 Å². The molecule has 0 aliphatic carbocycles. The average Bonchev–Trinajstić information content (AvgIpc) is 2.80. The fraction of sp³-hybridized carbons (Fsp3) is 0.400. The topological polar surface area (TPSA) is 86.2 Å². The lowest BCUT2D eigenvalue weighted by molar-refractivity contribution is -0.281. The number of rotatable bonds is 11. The molecule has 2 aromatic carbocycles. The van der Waals surface area contributed by atoms with Crippen molar-refractivity contribution in [3.63, 3.8) is 0 Å². The average molecular weight is 442 g/mol. The van der Waals surface area contributed by atoms with Gasteiger partial charge in [-0.3, -0.25) is 4.79 Å². The Morgan fingerprint density at radius 3 is 2.28 bits per heavy atom. The van der Waals surface area contributed by atoms with Crippen LogP contribution in [0.4, 0.5) is 0 Å². The fourth-order valence-corrected chi connectivity index (χ4v) is 3.58. The Labute approximate surface area is 188 Å². The van der Waals surface area contributed by atoms with Crippen molar-refractivity contribution < 1.29 is 28.8 Å². The van der Waals surface area contributed by atoms with E-state index >= 15 is 0 Å². The monoisotopic (exact) mass is 441 g/mol. The molecule has 1 amide bonds. The predicted octanol–water partition coefficient (Wildman–Crippen LogP) is 2.58. The first-order valence-electron chi connectivity index (χ1n) is 10.7. The van der Waals surface area contributed by atoms with Gasteiger partial charge in [0.05, 0.1) is 26.4 Å². The van der Waals surface area contributed by atoms with Gasteiger partial charge in [0, 0.05) is 6.92 Å². The van der Waals surface area contributed by atoms with Crippen LogP contribution in [0.2, 0.25) is 0 Å². The number of nitrogens with one attached hydrogen (secondary N) is 1. The zero-order valence-electron chi connectivity index (χ0n) is 18.3. The smallest absolute Gasteiger partial charge is 0.217 e. The largest absolute Gasteiger partial charge is 0.388 e. The summed E-state index contributed by atoms with van der Waals surface area (Å²) in [5.74, 6) is -0.273. The third-order valence-electron chi connectivity index (χ3n) is 5.10. The van der Waals surface area contributed by atoms with Crippen molar-refractivity contribution in [3.8, 4) is 0 Å². The van der Waals surface area contributed by atoms with Crippen LogP contribution in [0, 0.1) is 0 Å². The van der Waals surface area contributed by atoms with Gasteiger partial charge in [-0.25, -0.2) is 0 Å². The molecule has 2 N–H and O–H groups in total. The minimum absolute atomic E-state index is 0.141. The highest BCUT2D eigenvalue weighted by Gasteiger charge is 2.47. The quantitative estimate of drug-likeness (QED) is 0.522. The summed E-state index contributed by atoms with van der Waals surface area (Å²) < 4.78 is 23.7. The summed E-state index contributed by atoms with van der Waals surface area (Å²) in [4.78, 5) is 11.9. The molecule has 3 rings (SSSR count). The number of aliphatic hydroxyl groups is 1. The lowest BCUT2D eigenvalue weighted by atomic mass is 9.96. The maximum absolute atomic E-state index is 11.9. The van der Waals surface area contributed by atoms with Gasteiger partial charge < -0.3 is 29.4 Å². The molecule has 7 nitrogen and oxygen atoms in total. The highest BCUT2D eigenvalue weighted by molar-refractivity contribution is 5.73. The molecule has 0 unspecified atom stereocenters. The number of ether oxygens (including phenoxy) is 4. The van der Waals surface area contributed by atoms with Crippen molar-refractivity contribution in [3.05, 3.63) is 84.4 Å². The van der Waals surface area contributed by atoms with E-state index in [1.807, 2.05) is 60.7 Å². The van der Waals surface area contributed by atoms with Crippen molar-refractivity contribution >= 4 is 5.91 Å². The van der Waals surface area contributed by atoms with Crippen LogP contribution in [-0.4, -0.2) is 54.9 Å². The van der Waals surface area contributed by atoms with Crippen LogP contribution in [-0.2, 0) is 37.0 Å². The second-order valence-electron chi connectivity index (χ2n) is 7.64. The fourth-order valence-electron chi connectivity index (χ4n) is 3.58. The van der Waals surface area contributed by atoms with E-state index in [2.05, 4.69) is 11.9 Å². The molecular formula is C25H31NO6. The van der Waals surface area contributed by atoms with Crippen molar-refractivity contribution in [1.29, 1.82) is 0 Å². The van der Waals surface area contributed by atoms with Gasteiger partial charge in [0.15, 0.2) is 6.29 Å². The molecule has 0 spiro atoms. The van der Waals surface area contributed by atoms with E-state index in [1.54, 1.807) is 6.08 Å². The van der Waals surface area contributed by atoms with Crippen LogP contribution in [0.25, 0.3) is 0 Å². The van der Waals surface area contributed by atoms with Crippen LogP contribution in [0.3, 0.4) is 0 Å². The van der Waals surface area contributed by atoms with Crippen LogP contribution in [0.5, 0.6) is 0 Å². The molecule has 1 heterocycles. The number of carbonyl (C=O) groups excluding carboxylic acids is 1. The van der Waals surface area contributed by atoms with Gasteiger partial charge in [-0.15, -0.1) is 6.58 Å². The molecule has 5 atom stereocenters.